The zero-order valence-corrected chi connectivity index (χ0v) is 6.41. The van der Waals surface area contributed by atoms with Crippen molar-refractivity contribution in [3.8, 4) is 6.07 Å². The minimum atomic E-state index is -2.46. The summed E-state index contributed by atoms with van der Waals surface area (Å²) in [4.78, 5) is 0. The average Bonchev–Trinajstić information content (AvgIpc) is 2.23. The zero-order chi connectivity index (χ0) is 12.7. The molecule has 0 radical (unpaired) electrons. The first-order chi connectivity index (χ1) is 7.24. The quantitative estimate of drug-likeness (QED) is 0.686. The fraction of sp³-hybridized carbons (Fsp3) is 0.125. The maximum atomic E-state index is 8.65. The van der Waals surface area contributed by atoms with E-state index in [2.05, 4.69) is 15.9 Å². The van der Waals surface area contributed by atoms with Gasteiger partial charge in [-0.3, -0.25) is 0 Å². The van der Waals surface area contributed by atoms with Crippen LogP contribution in [0.3, 0.4) is 0 Å². The Balaban J connectivity index is 3.73. The molecule has 1 aromatic rings. The van der Waals surface area contributed by atoms with Gasteiger partial charge in [0.2, 0.25) is 0 Å². The Morgan fingerprint density at radius 3 is 3.10 bits per heavy atom. The Morgan fingerprint density at radius 2 is 2.40 bits per heavy atom. The first-order valence-electron chi connectivity index (χ1n) is 5.41. The second-order valence-corrected chi connectivity index (χ2v) is 2.22. The van der Waals surface area contributed by atoms with Crippen molar-refractivity contribution in [1.29, 1.82) is 5.26 Å². The second kappa shape index (κ2) is 3.38. The van der Waals surface area contributed by atoms with E-state index in [0.29, 0.717) is 0 Å². The molecule has 50 valence electrons. The lowest BCUT2D eigenvalue weighted by Gasteiger charge is -1.95. The Morgan fingerprint density at radius 1 is 1.70 bits per heavy atom. The average molecular weight is 202 g/mol. The van der Waals surface area contributed by atoms with E-state index in [4.69, 9.17) is 13.5 Å². The van der Waals surface area contributed by atoms with Crippen LogP contribution < -0.4 is 0 Å². The molecule has 0 bridgehead atoms. The summed E-state index contributed by atoms with van der Waals surface area (Å²) in [6.45, 7) is 0. The molecule has 0 saturated heterocycles. The first-order valence-corrected chi connectivity index (χ1v) is 3.21. The van der Waals surface area contributed by atoms with E-state index in [1.807, 2.05) is 0 Å². The maximum Gasteiger partial charge on any atom is 0.0670 e. The second-order valence-electron chi connectivity index (χ2n) is 1.43. The highest BCUT2D eigenvalue weighted by Crippen LogP contribution is 2.15. The van der Waals surface area contributed by atoms with Crippen LogP contribution in [-0.2, 0) is 6.37 Å². The van der Waals surface area contributed by atoms with Crippen LogP contribution in [0.4, 0.5) is 0 Å². The van der Waals surface area contributed by atoms with E-state index in [0.717, 1.165) is 0 Å². The van der Waals surface area contributed by atoms with Crippen LogP contribution in [0.15, 0.2) is 28.6 Å². The molecule has 1 nitrogen and oxygen atoms in total. The van der Waals surface area contributed by atoms with Gasteiger partial charge in [-0.05, 0) is 11.6 Å². The molecule has 0 atom stereocenters. The van der Waals surface area contributed by atoms with Gasteiger partial charge in [-0.25, -0.2) is 0 Å². The van der Waals surface area contributed by atoms with Gasteiger partial charge in [-0.15, -0.1) is 0 Å². The van der Waals surface area contributed by atoms with Gasteiger partial charge in [0.05, 0.1) is 17.9 Å². The minimum Gasteiger partial charge on any atom is -0.198 e. The van der Waals surface area contributed by atoms with Crippen molar-refractivity contribution in [3.63, 3.8) is 0 Å². The van der Waals surface area contributed by atoms with Crippen LogP contribution in [0.5, 0.6) is 0 Å². The summed E-state index contributed by atoms with van der Waals surface area (Å²) in [6, 6.07) is -0.584. The van der Waals surface area contributed by atoms with E-state index in [9.17, 15) is 0 Å². The molecule has 0 fully saturated rings. The summed E-state index contributed by atoms with van der Waals surface area (Å²) in [5.41, 5.74) is -0.374. The molecule has 0 aliphatic heterocycles. The molecule has 0 aliphatic carbocycles. The van der Waals surface area contributed by atoms with Gasteiger partial charge in [0.25, 0.3) is 0 Å². The largest absolute Gasteiger partial charge is 0.198 e. The van der Waals surface area contributed by atoms with Crippen LogP contribution in [-0.4, -0.2) is 0 Å². The van der Waals surface area contributed by atoms with Gasteiger partial charge in [-0.1, -0.05) is 34.1 Å². The SMILES string of the molecule is [2H]c1c([2H])c([2H])c(C([2H])([2H])C#N)c(Br)c1[2H]. The smallest absolute Gasteiger partial charge is 0.0670 e. The first kappa shape index (κ1) is 2.67. The van der Waals surface area contributed by atoms with Gasteiger partial charge in [0, 0.05) is 7.21 Å². The van der Waals surface area contributed by atoms with Crippen molar-refractivity contribution in [3.05, 3.63) is 34.2 Å². The Hall–Kier alpha value is -0.810. The molecule has 0 N–H and O–H groups in total. The normalized spacial score (nSPS) is 18.8. The van der Waals surface area contributed by atoms with Crippen LogP contribution >= 0.6 is 15.9 Å². The van der Waals surface area contributed by atoms with Crippen LogP contribution in [0, 0.1) is 11.3 Å². The number of hydrogen-bond acceptors (Lipinski definition) is 1. The van der Waals surface area contributed by atoms with E-state index in [1.54, 1.807) is 0 Å². The third-order valence-electron chi connectivity index (χ3n) is 0.823. The molecule has 1 aromatic carbocycles. The third kappa shape index (κ3) is 1.58. The van der Waals surface area contributed by atoms with Gasteiger partial charge in [0.15, 0.2) is 0 Å². The standard InChI is InChI=1S/C8H6BrN/c9-8-4-2-1-3-7(8)5-6-10/h1-4H,5H2/i1D,2D,3D,4D,5D2. The summed E-state index contributed by atoms with van der Waals surface area (Å²) in [5, 5.41) is 8.65. The van der Waals surface area contributed by atoms with Crippen molar-refractivity contribution in [2.75, 3.05) is 0 Å². The predicted octanol–water partition coefficient (Wildman–Crippen LogP) is 2.52. The Labute approximate surface area is 76.9 Å². The molecule has 0 spiro atoms. The van der Waals surface area contributed by atoms with Crippen molar-refractivity contribution in [2.24, 2.45) is 0 Å². The fourth-order valence-electron chi connectivity index (χ4n) is 0.439. The molecule has 2 heteroatoms. The molecule has 0 saturated carbocycles. The lowest BCUT2D eigenvalue weighted by molar-refractivity contribution is 1.25. The molecular formula is C8H6BrN. The predicted molar refractivity (Wildman–Crippen MR) is 43.5 cm³/mol. The van der Waals surface area contributed by atoms with Gasteiger partial charge in [-0.2, -0.15) is 5.26 Å². The number of rotatable bonds is 1. The molecule has 0 heterocycles. The lowest BCUT2D eigenvalue weighted by Crippen LogP contribution is -1.80. The van der Waals surface area contributed by atoms with Crippen molar-refractivity contribution < 1.29 is 8.22 Å². The molecule has 1 rings (SSSR count). The molecule has 0 amide bonds. The Kier molecular flexibility index (Phi) is 0.903. The van der Waals surface area contributed by atoms with E-state index >= 15 is 0 Å². The van der Waals surface area contributed by atoms with Crippen molar-refractivity contribution >= 4 is 15.9 Å². The molecule has 0 aliphatic rings. The van der Waals surface area contributed by atoms with E-state index in [-0.39, 0.29) is 10.0 Å². The number of benzene rings is 1. The minimum absolute atomic E-state index is 0.120. The summed E-state index contributed by atoms with van der Waals surface area (Å²) in [6.07, 6.45) is -2.46. The summed E-state index contributed by atoms with van der Waals surface area (Å²) in [5.74, 6) is 0. The summed E-state index contributed by atoms with van der Waals surface area (Å²) >= 11 is 2.89. The summed E-state index contributed by atoms with van der Waals surface area (Å²) < 4.78 is 44.4. The van der Waals surface area contributed by atoms with Crippen molar-refractivity contribution in [2.45, 2.75) is 6.37 Å². The Bertz CT molecular complexity index is 463. The monoisotopic (exact) mass is 201 g/mol. The highest BCUT2D eigenvalue weighted by molar-refractivity contribution is 9.10. The van der Waals surface area contributed by atoms with Gasteiger partial charge >= 0.3 is 0 Å². The van der Waals surface area contributed by atoms with Gasteiger partial charge in [0.1, 0.15) is 0 Å². The topological polar surface area (TPSA) is 23.8 Å². The lowest BCUT2D eigenvalue weighted by atomic mass is 10.2. The highest BCUT2D eigenvalue weighted by Gasteiger charge is 1.94. The molecule has 10 heavy (non-hydrogen) atoms. The summed E-state index contributed by atoms with van der Waals surface area (Å²) in [7, 11) is 0. The fourth-order valence-corrected chi connectivity index (χ4v) is 0.737. The number of nitriles is 1. The number of hydrogen-bond donors (Lipinski definition) is 0. The highest BCUT2D eigenvalue weighted by atomic mass is 79.9. The molecule has 0 aromatic heterocycles. The number of halogens is 1. The van der Waals surface area contributed by atoms with Gasteiger partial charge < -0.3 is 0 Å². The number of nitrogens with zero attached hydrogens (tertiary/aromatic N) is 1. The molecular weight excluding hydrogens is 190 g/mol. The van der Waals surface area contributed by atoms with Crippen molar-refractivity contribution in [1.82, 2.24) is 0 Å². The zero-order valence-electron chi connectivity index (χ0n) is 10.8. The van der Waals surface area contributed by atoms with E-state index < -0.39 is 30.5 Å². The molecule has 0 unspecified atom stereocenters. The van der Waals surface area contributed by atoms with Crippen LogP contribution in [0.25, 0.3) is 0 Å². The maximum absolute atomic E-state index is 8.65. The van der Waals surface area contributed by atoms with E-state index in [1.165, 1.54) is 6.07 Å². The third-order valence-corrected chi connectivity index (χ3v) is 1.42. The van der Waals surface area contributed by atoms with Crippen LogP contribution in [0.1, 0.15) is 13.8 Å². The van der Waals surface area contributed by atoms with Crippen LogP contribution in [0.2, 0.25) is 0 Å².